The number of carbonyl (C=O) groups excluding carboxylic acids is 3. The van der Waals surface area contributed by atoms with Crippen LogP contribution in [0.3, 0.4) is 0 Å². The Morgan fingerprint density at radius 1 is 1.11 bits per heavy atom. The molecule has 1 saturated carbocycles. The highest BCUT2D eigenvalue weighted by atomic mass is 16.5. The number of benzene rings is 1. The zero-order chi connectivity index (χ0) is 19.9. The molecule has 3 rings (SSSR count). The number of para-hydroxylation sites is 1. The summed E-state index contributed by atoms with van der Waals surface area (Å²) in [5.41, 5.74) is 0.470. The molecule has 7 heteroatoms. The van der Waals surface area contributed by atoms with Crippen molar-refractivity contribution < 1.29 is 23.5 Å². The lowest BCUT2D eigenvalue weighted by molar-refractivity contribution is -0.135. The van der Waals surface area contributed by atoms with Crippen molar-refractivity contribution in [1.29, 1.82) is 0 Å². The van der Waals surface area contributed by atoms with Gasteiger partial charge in [0.05, 0.1) is 17.5 Å². The first-order valence-corrected chi connectivity index (χ1v) is 9.43. The maximum Gasteiger partial charge on any atom is 0.340 e. The summed E-state index contributed by atoms with van der Waals surface area (Å²) in [7, 11) is 1.75. The van der Waals surface area contributed by atoms with E-state index in [1.54, 1.807) is 36.2 Å². The number of ether oxygens (including phenoxy) is 1. The summed E-state index contributed by atoms with van der Waals surface area (Å²) in [4.78, 5) is 38.7. The van der Waals surface area contributed by atoms with E-state index in [0.29, 0.717) is 5.69 Å². The molecule has 0 unspecified atom stereocenters. The summed E-state index contributed by atoms with van der Waals surface area (Å²) < 4.78 is 10.3. The normalized spacial score (nSPS) is 14.3. The topological polar surface area (TPSA) is 88.9 Å². The van der Waals surface area contributed by atoms with Crippen LogP contribution in [0, 0.1) is 0 Å². The molecule has 2 aromatic rings. The van der Waals surface area contributed by atoms with E-state index in [1.165, 1.54) is 24.8 Å². The molecule has 0 radical (unpaired) electrons. The Balaban J connectivity index is 1.59. The number of nitrogens with zero attached hydrogens (tertiary/aromatic N) is 1. The number of amides is 2. The molecule has 148 valence electrons. The van der Waals surface area contributed by atoms with E-state index in [9.17, 15) is 14.4 Å². The second-order valence-corrected chi connectivity index (χ2v) is 6.85. The highest BCUT2D eigenvalue weighted by Crippen LogP contribution is 2.22. The minimum Gasteiger partial charge on any atom is -0.459 e. The van der Waals surface area contributed by atoms with Gasteiger partial charge in [0.1, 0.15) is 0 Å². The zero-order valence-corrected chi connectivity index (χ0v) is 15.8. The maximum atomic E-state index is 12.5. The van der Waals surface area contributed by atoms with Gasteiger partial charge in [0.25, 0.3) is 11.8 Å². The van der Waals surface area contributed by atoms with Crippen molar-refractivity contribution >= 4 is 23.5 Å². The minimum atomic E-state index is -0.666. The number of rotatable bonds is 6. The van der Waals surface area contributed by atoms with Crippen molar-refractivity contribution in [1.82, 2.24) is 4.90 Å². The minimum absolute atomic E-state index is 0.132. The van der Waals surface area contributed by atoms with Gasteiger partial charge in [0.15, 0.2) is 12.4 Å². The third kappa shape index (κ3) is 4.79. The first-order chi connectivity index (χ1) is 13.6. The van der Waals surface area contributed by atoms with Gasteiger partial charge in [-0.3, -0.25) is 9.59 Å². The van der Waals surface area contributed by atoms with Crippen molar-refractivity contribution in [3.8, 4) is 0 Å². The third-order valence-corrected chi connectivity index (χ3v) is 4.98. The average molecular weight is 384 g/mol. The SMILES string of the molecule is CN(C(=O)COC(=O)c1ccccc1NC(=O)c1ccco1)C1CCCCC1. The van der Waals surface area contributed by atoms with E-state index in [1.807, 2.05) is 0 Å². The Kier molecular flexibility index (Phi) is 6.47. The van der Waals surface area contributed by atoms with Crippen LogP contribution in [-0.2, 0) is 9.53 Å². The van der Waals surface area contributed by atoms with Crippen molar-refractivity contribution in [3.63, 3.8) is 0 Å². The molecule has 1 N–H and O–H groups in total. The number of furan rings is 1. The zero-order valence-electron chi connectivity index (χ0n) is 15.8. The molecule has 1 aliphatic rings. The number of hydrogen-bond donors (Lipinski definition) is 1. The monoisotopic (exact) mass is 384 g/mol. The van der Waals surface area contributed by atoms with Crippen LogP contribution in [0.15, 0.2) is 47.1 Å². The second kappa shape index (κ2) is 9.21. The van der Waals surface area contributed by atoms with Crippen LogP contribution in [0.25, 0.3) is 0 Å². The number of esters is 1. The van der Waals surface area contributed by atoms with Gasteiger partial charge in [-0.05, 0) is 37.1 Å². The van der Waals surface area contributed by atoms with Gasteiger partial charge in [-0.15, -0.1) is 0 Å². The molecule has 0 saturated heterocycles. The Morgan fingerprint density at radius 2 is 1.86 bits per heavy atom. The molecular formula is C21H24N2O5. The van der Waals surface area contributed by atoms with Crippen LogP contribution in [0.5, 0.6) is 0 Å². The summed E-state index contributed by atoms with van der Waals surface area (Å²) in [5, 5.41) is 2.63. The highest BCUT2D eigenvalue weighted by molar-refractivity contribution is 6.06. The number of hydrogen-bond acceptors (Lipinski definition) is 5. The molecule has 0 atom stereocenters. The Labute approximate surface area is 163 Å². The predicted molar refractivity (Wildman–Crippen MR) is 103 cm³/mol. The van der Waals surface area contributed by atoms with Crippen LogP contribution >= 0.6 is 0 Å². The Morgan fingerprint density at radius 3 is 2.57 bits per heavy atom. The van der Waals surface area contributed by atoms with Crippen LogP contribution in [0.4, 0.5) is 5.69 Å². The molecule has 1 heterocycles. The maximum absolute atomic E-state index is 12.5. The van der Waals surface area contributed by atoms with E-state index >= 15 is 0 Å². The van der Waals surface area contributed by atoms with E-state index in [4.69, 9.17) is 9.15 Å². The standard InChI is InChI=1S/C21H24N2O5/c1-23(15-8-3-2-4-9-15)19(24)14-28-21(26)16-10-5-6-11-17(16)22-20(25)18-12-7-13-27-18/h5-7,10-13,15H,2-4,8-9,14H2,1H3,(H,22,25). The fourth-order valence-electron chi connectivity index (χ4n) is 3.34. The lowest BCUT2D eigenvalue weighted by Crippen LogP contribution is -2.40. The van der Waals surface area contributed by atoms with Gasteiger partial charge < -0.3 is 19.4 Å². The predicted octanol–water partition coefficient (Wildman–Crippen LogP) is 3.48. The van der Waals surface area contributed by atoms with Crippen LogP contribution in [0.2, 0.25) is 0 Å². The first-order valence-electron chi connectivity index (χ1n) is 9.43. The van der Waals surface area contributed by atoms with Gasteiger partial charge in [0, 0.05) is 13.1 Å². The molecule has 0 spiro atoms. The van der Waals surface area contributed by atoms with Gasteiger partial charge in [-0.1, -0.05) is 31.4 Å². The van der Waals surface area contributed by atoms with E-state index in [-0.39, 0.29) is 29.9 Å². The molecular weight excluding hydrogens is 360 g/mol. The lowest BCUT2D eigenvalue weighted by atomic mass is 9.94. The number of anilines is 1. The number of nitrogens with one attached hydrogen (secondary N) is 1. The summed E-state index contributed by atoms with van der Waals surface area (Å²) >= 11 is 0. The molecule has 0 bridgehead atoms. The fraction of sp³-hybridized carbons (Fsp3) is 0.381. The molecule has 1 fully saturated rings. The average Bonchev–Trinajstić information content (AvgIpc) is 3.27. The van der Waals surface area contributed by atoms with Crippen LogP contribution in [-0.4, -0.2) is 42.4 Å². The van der Waals surface area contributed by atoms with Crippen molar-refractivity contribution in [2.75, 3.05) is 19.0 Å². The van der Waals surface area contributed by atoms with Crippen molar-refractivity contribution in [2.45, 2.75) is 38.1 Å². The number of carbonyl (C=O) groups is 3. The van der Waals surface area contributed by atoms with Gasteiger partial charge in [-0.2, -0.15) is 0 Å². The summed E-state index contributed by atoms with van der Waals surface area (Å²) in [6.07, 6.45) is 6.79. The van der Waals surface area contributed by atoms with Gasteiger partial charge in [0.2, 0.25) is 0 Å². The Bertz CT molecular complexity index is 825. The molecule has 28 heavy (non-hydrogen) atoms. The first kappa shape index (κ1) is 19.7. The van der Waals surface area contributed by atoms with Crippen molar-refractivity contribution in [2.24, 2.45) is 0 Å². The molecule has 1 aromatic carbocycles. The molecule has 0 aliphatic heterocycles. The molecule has 2 amide bonds. The van der Waals surface area contributed by atoms with Gasteiger partial charge in [-0.25, -0.2) is 4.79 Å². The van der Waals surface area contributed by atoms with Crippen molar-refractivity contribution in [3.05, 3.63) is 54.0 Å². The lowest BCUT2D eigenvalue weighted by Gasteiger charge is -2.31. The fourth-order valence-corrected chi connectivity index (χ4v) is 3.34. The quantitative estimate of drug-likeness (QED) is 0.770. The Hall–Kier alpha value is -3.09. The van der Waals surface area contributed by atoms with Crippen LogP contribution < -0.4 is 5.32 Å². The largest absolute Gasteiger partial charge is 0.459 e. The molecule has 1 aliphatic carbocycles. The van der Waals surface area contributed by atoms with Crippen LogP contribution in [0.1, 0.15) is 53.0 Å². The third-order valence-electron chi connectivity index (χ3n) is 4.98. The van der Waals surface area contributed by atoms with E-state index in [2.05, 4.69) is 5.32 Å². The second-order valence-electron chi connectivity index (χ2n) is 6.85. The van der Waals surface area contributed by atoms with E-state index < -0.39 is 11.9 Å². The molecule has 7 nitrogen and oxygen atoms in total. The smallest absolute Gasteiger partial charge is 0.340 e. The summed E-state index contributed by atoms with van der Waals surface area (Å²) in [6, 6.07) is 9.81. The van der Waals surface area contributed by atoms with E-state index in [0.717, 1.165) is 25.7 Å². The molecule has 1 aromatic heterocycles. The summed E-state index contributed by atoms with van der Waals surface area (Å²) in [6.45, 7) is -0.327. The van der Waals surface area contributed by atoms with Gasteiger partial charge >= 0.3 is 5.97 Å². The summed E-state index contributed by atoms with van der Waals surface area (Å²) in [5.74, 6) is -1.23. The highest BCUT2D eigenvalue weighted by Gasteiger charge is 2.23. The number of likely N-dealkylation sites (N-methyl/N-ethyl adjacent to an activating group) is 1.